The molecule has 0 aliphatic heterocycles. The summed E-state index contributed by atoms with van der Waals surface area (Å²) in [5.74, 6) is -0.984. The Morgan fingerprint density at radius 1 is 1.28 bits per heavy atom. The molecule has 0 radical (unpaired) electrons. The molecule has 2 aromatic rings. The number of nitrogens with two attached hydrogens (primary N) is 1. The van der Waals surface area contributed by atoms with Crippen LogP contribution in [0.2, 0.25) is 5.02 Å². The normalized spacial score (nSPS) is 12.7. The van der Waals surface area contributed by atoms with Gasteiger partial charge in [-0.2, -0.15) is 5.10 Å². The lowest BCUT2D eigenvalue weighted by Gasteiger charge is -2.14. The van der Waals surface area contributed by atoms with Gasteiger partial charge in [-0.25, -0.2) is 13.5 Å². The van der Waals surface area contributed by atoms with Crippen LogP contribution in [0.4, 0.5) is 14.6 Å². The van der Waals surface area contributed by atoms with Gasteiger partial charge in [0, 0.05) is 6.07 Å². The fraction of sp³-hybridized carbons (Fsp3) is 0.250. The number of hydrogen-bond donors (Lipinski definition) is 1. The second-order valence-corrected chi connectivity index (χ2v) is 4.49. The van der Waals surface area contributed by atoms with Crippen molar-refractivity contribution in [3.05, 3.63) is 46.1 Å². The summed E-state index contributed by atoms with van der Waals surface area (Å²) in [4.78, 5) is 0. The van der Waals surface area contributed by atoms with Crippen LogP contribution < -0.4 is 5.73 Å². The maximum Gasteiger partial charge on any atom is 0.141 e. The van der Waals surface area contributed by atoms with Gasteiger partial charge in [0.05, 0.1) is 11.7 Å². The van der Waals surface area contributed by atoms with E-state index in [-0.39, 0.29) is 5.82 Å². The predicted octanol–water partition coefficient (Wildman–Crippen LogP) is 3.31. The molecule has 1 aromatic carbocycles. The van der Waals surface area contributed by atoms with E-state index in [0.717, 1.165) is 6.07 Å². The van der Waals surface area contributed by atoms with Gasteiger partial charge >= 0.3 is 0 Å². The van der Waals surface area contributed by atoms with Crippen LogP contribution in [0.3, 0.4) is 0 Å². The van der Waals surface area contributed by atoms with Crippen molar-refractivity contribution in [3.8, 4) is 0 Å². The number of benzene rings is 1. The van der Waals surface area contributed by atoms with Crippen LogP contribution in [0, 0.1) is 18.6 Å². The highest BCUT2D eigenvalue weighted by Crippen LogP contribution is 2.28. The first-order valence-electron chi connectivity index (χ1n) is 5.36. The van der Waals surface area contributed by atoms with E-state index in [1.165, 1.54) is 16.8 Å². The predicted molar refractivity (Wildman–Crippen MR) is 66.6 cm³/mol. The van der Waals surface area contributed by atoms with Crippen molar-refractivity contribution in [1.29, 1.82) is 0 Å². The molecule has 1 aromatic heterocycles. The molecular weight excluding hydrogens is 260 g/mol. The van der Waals surface area contributed by atoms with Gasteiger partial charge in [-0.3, -0.25) is 0 Å². The largest absolute Gasteiger partial charge is 0.383 e. The summed E-state index contributed by atoms with van der Waals surface area (Å²) >= 11 is 5.94. The third kappa shape index (κ3) is 2.18. The van der Waals surface area contributed by atoms with E-state index in [1.807, 2.05) is 0 Å². The average molecular weight is 272 g/mol. The fourth-order valence-electron chi connectivity index (χ4n) is 1.80. The molecule has 0 amide bonds. The van der Waals surface area contributed by atoms with E-state index in [1.54, 1.807) is 13.8 Å². The van der Waals surface area contributed by atoms with Crippen LogP contribution >= 0.6 is 11.6 Å². The third-order valence-electron chi connectivity index (χ3n) is 2.78. The Kier molecular flexibility index (Phi) is 3.26. The summed E-state index contributed by atoms with van der Waals surface area (Å²) in [6.45, 7) is 3.46. The van der Waals surface area contributed by atoms with Gasteiger partial charge in [-0.15, -0.1) is 0 Å². The molecule has 0 aliphatic carbocycles. The SMILES string of the molecule is Cc1nn(C(C)c2cc(F)cc(F)c2)c(N)c1Cl. The van der Waals surface area contributed by atoms with Crippen LogP contribution in [0.1, 0.15) is 24.2 Å². The van der Waals surface area contributed by atoms with E-state index in [2.05, 4.69) is 5.10 Å². The highest BCUT2D eigenvalue weighted by atomic mass is 35.5. The van der Waals surface area contributed by atoms with Crippen molar-refractivity contribution in [2.45, 2.75) is 19.9 Å². The molecule has 0 bridgehead atoms. The van der Waals surface area contributed by atoms with Gasteiger partial charge in [0.1, 0.15) is 22.5 Å². The second-order valence-electron chi connectivity index (χ2n) is 4.11. The molecule has 96 valence electrons. The number of nitrogens with zero attached hydrogens (tertiary/aromatic N) is 2. The standard InChI is InChI=1S/C12H12ClF2N3/c1-6-11(13)12(16)18(17-6)7(2)8-3-9(14)5-10(15)4-8/h3-5,7H,16H2,1-2H3. The maximum absolute atomic E-state index is 13.2. The number of aromatic nitrogens is 2. The first kappa shape index (κ1) is 12.8. The lowest BCUT2D eigenvalue weighted by atomic mass is 10.1. The van der Waals surface area contributed by atoms with Gasteiger partial charge in [0.2, 0.25) is 0 Å². The average Bonchev–Trinajstić information content (AvgIpc) is 2.55. The molecular formula is C12H12ClF2N3. The topological polar surface area (TPSA) is 43.8 Å². The molecule has 1 heterocycles. The second kappa shape index (κ2) is 4.57. The third-order valence-corrected chi connectivity index (χ3v) is 3.25. The minimum absolute atomic E-state index is 0.284. The number of anilines is 1. The first-order chi connectivity index (χ1) is 8.40. The van der Waals surface area contributed by atoms with E-state index in [9.17, 15) is 8.78 Å². The zero-order valence-electron chi connectivity index (χ0n) is 9.92. The summed E-state index contributed by atoms with van der Waals surface area (Å²) < 4.78 is 27.8. The molecule has 2 rings (SSSR count). The van der Waals surface area contributed by atoms with Gasteiger partial charge in [0.25, 0.3) is 0 Å². The summed E-state index contributed by atoms with van der Waals surface area (Å²) in [5.41, 5.74) is 6.82. The number of rotatable bonds is 2. The number of hydrogen-bond acceptors (Lipinski definition) is 2. The Labute approximate surface area is 108 Å². The molecule has 0 saturated carbocycles. The van der Waals surface area contributed by atoms with Crippen LogP contribution in [0.15, 0.2) is 18.2 Å². The summed E-state index contributed by atoms with van der Waals surface area (Å²) in [6, 6.07) is 2.92. The highest BCUT2D eigenvalue weighted by molar-refractivity contribution is 6.33. The number of nitrogen functional groups attached to an aromatic ring is 1. The Hall–Kier alpha value is -1.62. The molecule has 0 saturated heterocycles. The number of aryl methyl sites for hydroxylation is 1. The van der Waals surface area contributed by atoms with Gasteiger partial charge < -0.3 is 5.73 Å². The van der Waals surface area contributed by atoms with E-state index < -0.39 is 17.7 Å². The van der Waals surface area contributed by atoms with Crippen LogP contribution in [0.5, 0.6) is 0 Å². The van der Waals surface area contributed by atoms with Crippen molar-refractivity contribution in [3.63, 3.8) is 0 Å². The minimum atomic E-state index is -0.634. The number of halogens is 3. The van der Waals surface area contributed by atoms with E-state index in [0.29, 0.717) is 16.3 Å². The van der Waals surface area contributed by atoms with Gasteiger partial charge in [0.15, 0.2) is 0 Å². The quantitative estimate of drug-likeness (QED) is 0.911. The summed E-state index contributed by atoms with van der Waals surface area (Å²) in [7, 11) is 0. The molecule has 2 N–H and O–H groups in total. The molecule has 0 aliphatic rings. The summed E-state index contributed by atoms with van der Waals surface area (Å²) in [6.07, 6.45) is 0. The van der Waals surface area contributed by atoms with Gasteiger partial charge in [-0.1, -0.05) is 11.6 Å². The van der Waals surface area contributed by atoms with Crippen molar-refractivity contribution < 1.29 is 8.78 Å². The van der Waals surface area contributed by atoms with Crippen molar-refractivity contribution in [1.82, 2.24) is 9.78 Å². The van der Waals surface area contributed by atoms with E-state index in [4.69, 9.17) is 17.3 Å². The van der Waals surface area contributed by atoms with E-state index >= 15 is 0 Å². The van der Waals surface area contributed by atoms with Crippen molar-refractivity contribution >= 4 is 17.4 Å². The monoisotopic (exact) mass is 271 g/mol. The Morgan fingerprint density at radius 3 is 2.28 bits per heavy atom. The Balaban J connectivity index is 2.47. The molecule has 0 spiro atoms. The molecule has 6 heteroatoms. The van der Waals surface area contributed by atoms with Crippen molar-refractivity contribution in [2.24, 2.45) is 0 Å². The summed E-state index contributed by atoms with van der Waals surface area (Å²) in [5, 5.41) is 4.52. The van der Waals surface area contributed by atoms with Crippen LogP contribution in [-0.4, -0.2) is 9.78 Å². The van der Waals surface area contributed by atoms with Gasteiger partial charge in [-0.05, 0) is 31.5 Å². The maximum atomic E-state index is 13.2. The molecule has 1 atom stereocenters. The molecule has 0 fully saturated rings. The lowest BCUT2D eigenvalue weighted by Crippen LogP contribution is -2.12. The smallest absolute Gasteiger partial charge is 0.141 e. The van der Waals surface area contributed by atoms with Crippen molar-refractivity contribution in [2.75, 3.05) is 5.73 Å². The molecule has 3 nitrogen and oxygen atoms in total. The zero-order chi connectivity index (χ0) is 13.4. The lowest BCUT2D eigenvalue weighted by molar-refractivity contribution is 0.542. The van der Waals surface area contributed by atoms with Crippen LogP contribution in [0.25, 0.3) is 0 Å². The Bertz CT molecular complexity index is 575. The Morgan fingerprint density at radius 2 is 1.83 bits per heavy atom. The molecule has 1 unspecified atom stereocenters. The highest BCUT2D eigenvalue weighted by Gasteiger charge is 2.17. The van der Waals surface area contributed by atoms with Crippen LogP contribution in [-0.2, 0) is 0 Å². The first-order valence-corrected chi connectivity index (χ1v) is 5.74. The molecule has 18 heavy (non-hydrogen) atoms. The fourth-order valence-corrected chi connectivity index (χ4v) is 1.92. The minimum Gasteiger partial charge on any atom is -0.383 e. The zero-order valence-corrected chi connectivity index (χ0v) is 10.7.